The van der Waals surface area contributed by atoms with Gasteiger partial charge in [-0.15, -0.1) is 0 Å². The van der Waals surface area contributed by atoms with E-state index in [4.69, 9.17) is 0 Å². The van der Waals surface area contributed by atoms with Crippen molar-refractivity contribution in [1.29, 1.82) is 0 Å². The summed E-state index contributed by atoms with van der Waals surface area (Å²) < 4.78 is 0. The largest absolute Gasteiger partial charge is 0.322 e. The van der Waals surface area contributed by atoms with Crippen LogP contribution in [0.25, 0.3) is 0 Å². The molecule has 136 valence electrons. The molecule has 0 radical (unpaired) electrons. The van der Waals surface area contributed by atoms with E-state index in [0.29, 0.717) is 30.6 Å². The second-order valence-corrected chi connectivity index (χ2v) is 7.76. The Balaban J connectivity index is 1.33. The maximum atomic E-state index is 12.8. The number of carbonyl (C=O) groups excluding carboxylic acids is 3. The predicted octanol–water partition coefficient (Wildman–Crippen LogP) is -0.102. The van der Waals surface area contributed by atoms with E-state index in [1.807, 2.05) is 12.1 Å². The number of nitrogens with zero attached hydrogens (tertiary/aromatic N) is 1. The lowest BCUT2D eigenvalue weighted by Crippen LogP contribution is -2.52. The number of benzene rings is 1. The summed E-state index contributed by atoms with van der Waals surface area (Å²) in [5.41, 5.74) is 2.81. The standard InChI is InChI=1S/C19H22N4O3/c24-16-5-4-15(18(25)22-16)23-9-13-10(2-1-3-12(13)19(23)26)7-21-17-11-6-14(17)20-8-11/h1-3,11,14-15,17,20-21H,4-9H2,(H,22,24,25)/t11-,14-,15?,17+/m0/s1. The number of rotatable bonds is 4. The van der Waals surface area contributed by atoms with Crippen LogP contribution in [-0.2, 0) is 22.7 Å². The molecule has 2 bridgehead atoms. The third kappa shape index (κ3) is 2.38. The molecule has 1 aromatic rings. The van der Waals surface area contributed by atoms with Gasteiger partial charge in [-0.25, -0.2) is 0 Å². The quantitative estimate of drug-likeness (QED) is 0.657. The number of imide groups is 1. The molecule has 0 spiro atoms. The third-order valence-electron chi connectivity index (χ3n) is 6.35. The molecule has 1 aromatic carbocycles. The highest BCUT2D eigenvalue weighted by atomic mass is 16.2. The first kappa shape index (κ1) is 16.0. The first-order valence-corrected chi connectivity index (χ1v) is 9.34. The van der Waals surface area contributed by atoms with Crippen LogP contribution in [0.5, 0.6) is 0 Å². The van der Waals surface area contributed by atoms with Crippen LogP contribution in [0.3, 0.4) is 0 Å². The average Bonchev–Trinajstić information content (AvgIpc) is 3.31. The summed E-state index contributed by atoms with van der Waals surface area (Å²) in [7, 11) is 0. The van der Waals surface area contributed by atoms with Crippen LogP contribution < -0.4 is 16.0 Å². The molecule has 7 heteroatoms. The Bertz CT molecular complexity index is 794. The molecule has 26 heavy (non-hydrogen) atoms. The van der Waals surface area contributed by atoms with Crippen LogP contribution in [0.15, 0.2) is 18.2 Å². The Morgan fingerprint density at radius 2 is 2.12 bits per heavy atom. The number of piperidine rings is 1. The van der Waals surface area contributed by atoms with Gasteiger partial charge < -0.3 is 15.5 Å². The van der Waals surface area contributed by atoms with Crippen molar-refractivity contribution in [3.05, 3.63) is 34.9 Å². The van der Waals surface area contributed by atoms with Gasteiger partial charge in [0.1, 0.15) is 6.04 Å². The fourth-order valence-electron chi connectivity index (χ4n) is 4.83. The molecule has 3 saturated heterocycles. The summed E-state index contributed by atoms with van der Waals surface area (Å²) in [6, 6.07) is 6.35. The van der Waals surface area contributed by atoms with Gasteiger partial charge in [0, 0.05) is 37.2 Å². The van der Waals surface area contributed by atoms with E-state index >= 15 is 0 Å². The molecule has 4 heterocycles. The van der Waals surface area contributed by atoms with Crippen LogP contribution in [0.1, 0.15) is 40.7 Å². The minimum atomic E-state index is -0.555. The molecule has 1 unspecified atom stereocenters. The van der Waals surface area contributed by atoms with Gasteiger partial charge in [-0.05, 0) is 42.5 Å². The van der Waals surface area contributed by atoms with E-state index in [9.17, 15) is 14.4 Å². The average molecular weight is 354 g/mol. The van der Waals surface area contributed by atoms with Crippen molar-refractivity contribution in [2.45, 2.75) is 50.5 Å². The van der Waals surface area contributed by atoms with Gasteiger partial charge in [-0.3, -0.25) is 19.7 Å². The van der Waals surface area contributed by atoms with Crippen molar-refractivity contribution < 1.29 is 14.4 Å². The van der Waals surface area contributed by atoms with Crippen LogP contribution >= 0.6 is 0 Å². The zero-order valence-corrected chi connectivity index (χ0v) is 14.5. The topological polar surface area (TPSA) is 90.5 Å². The van der Waals surface area contributed by atoms with Crippen LogP contribution in [0, 0.1) is 5.92 Å². The van der Waals surface area contributed by atoms with Gasteiger partial charge >= 0.3 is 0 Å². The first-order valence-electron chi connectivity index (χ1n) is 9.34. The maximum Gasteiger partial charge on any atom is 0.255 e. The highest BCUT2D eigenvalue weighted by Crippen LogP contribution is 2.35. The number of fused-ring (bicyclic) bond motifs is 2. The Labute approximate surface area is 151 Å². The lowest BCUT2D eigenvalue weighted by Gasteiger charge is -2.35. The van der Waals surface area contributed by atoms with Crippen LogP contribution in [0.2, 0.25) is 0 Å². The predicted molar refractivity (Wildman–Crippen MR) is 93.0 cm³/mol. The van der Waals surface area contributed by atoms with Gasteiger partial charge in [0.05, 0.1) is 0 Å². The van der Waals surface area contributed by atoms with Crippen molar-refractivity contribution >= 4 is 17.7 Å². The fourth-order valence-corrected chi connectivity index (χ4v) is 4.83. The SMILES string of the molecule is O=C1CCC(N2Cc3c(CN[C@@H]4[C@@H]5CN[C@H]4C5)cccc3C2=O)C(=O)N1. The molecule has 1 saturated carbocycles. The maximum absolute atomic E-state index is 12.8. The summed E-state index contributed by atoms with van der Waals surface area (Å²) in [6.45, 7) is 2.27. The van der Waals surface area contributed by atoms with Crippen molar-refractivity contribution in [3.63, 3.8) is 0 Å². The molecule has 6 rings (SSSR count). The lowest BCUT2D eigenvalue weighted by molar-refractivity contribution is -0.136. The van der Waals surface area contributed by atoms with Gasteiger partial charge in [0.2, 0.25) is 11.8 Å². The van der Waals surface area contributed by atoms with Crippen LogP contribution in [-0.4, -0.2) is 47.3 Å². The van der Waals surface area contributed by atoms with E-state index in [2.05, 4.69) is 22.0 Å². The minimum absolute atomic E-state index is 0.110. The summed E-state index contributed by atoms with van der Waals surface area (Å²) in [5.74, 6) is -0.0108. The second-order valence-electron chi connectivity index (χ2n) is 7.76. The molecule has 1 aliphatic carbocycles. The molecule has 4 fully saturated rings. The molecular weight excluding hydrogens is 332 g/mol. The van der Waals surface area contributed by atoms with Gasteiger partial charge in [0.25, 0.3) is 5.91 Å². The molecule has 4 atom stereocenters. The monoisotopic (exact) mass is 354 g/mol. The normalized spacial score (nSPS) is 32.5. The summed E-state index contributed by atoms with van der Waals surface area (Å²) in [4.78, 5) is 38.0. The Morgan fingerprint density at radius 1 is 1.23 bits per heavy atom. The minimum Gasteiger partial charge on any atom is -0.322 e. The van der Waals surface area contributed by atoms with E-state index in [-0.39, 0.29) is 24.1 Å². The number of hydrogen-bond donors (Lipinski definition) is 3. The van der Waals surface area contributed by atoms with E-state index in [0.717, 1.165) is 30.1 Å². The zero-order chi connectivity index (χ0) is 17.8. The molecular formula is C19H22N4O3. The van der Waals surface area contributed by atoms with E-state index in [1.54, 1.807) is 4.90 Å². The summed E-state index contributed by atoms with van der Waals surface area (Å²) in [5, 5.41) is 9.48. The number of amides is 3. The molecule has 0 aromatic heterocycles. The third-order valence-corrected chi connectivity index (χ3v) is 6.35. The molecule has 7 nitrogen and oxygen atoms in total. The van der Waals surface area contributed by atoms with E-state index in [1.165, 1.54) is 6.42 Å². The number of nitrogens with one attached hydrogen (secondary N) is 3. The lowest BCUT2D eigenvalue weighted by atomic mass is 9.80. The molecule has 3 amide bonds. The Morgan fingerprint density at radius 3 is 2.85 bits per heavy atom. The Kier molecular flexibility index (Phi) is 3.62. The number of carbonyl (C=O) groups is 3. The molecule has 5 aliphatic rings. The molecule has 3 N–H and O–H groups in total. The van der Waals surface area contributed by atoms with Gasteiger partial charge in [-0.1, -0.05) is 12.1 Å². The zero-order valence-electron chi connectivity index (χ0n) is 14.5. The van der Waals surface area contributed by atoms with Gasteiger partial charge in [0.15, 0.2) is 0 Å². The van der Waals surface area contributed by atoms with E-state index < -0.39 is 6.04 Å². The van der Waals surface area contributed by atoms with Gasteiger partial charge in [-0.2, -0.15) is 0 Å². The second kappa shape index (κ2) is 5.89. The number of hydrogen-bond acceptors (Lipinski definition) is 5. The smallest absolute Gasteiger partial charge is 0.255 e. The van der Waals surface area contributed by atoms with Crippen LogP contribution in [0.4, 0.5) is 0 Å². The highest BCUT2D eigenvalue weighted by molar-refractivity contribution is 6.05. The summed E-state index contributed by atoms with van der Waals surface area (Å²) >= 11 is 0. The van der Waals surface area contributed by atoms with Crippen molar-refractivity contribution in [1.82, 2.24) is 20.9 Å². The molecule has 4 aliphatic heterocycles. The van der Waals surface area contributed by atoms with Crippen molar-refractivity contribution in [2.24, 2.45) is 5.92 Å². The highest BCUT2D eigenvalue weighted by Gasteiger charge is 2.46. The Hall–Kier alpha value is -2.25. The van der Waals surface area contributed by atoms with Crippen molar-refractivity contribution in [3.8, 4) is 0 Å². The summed E-state index contributed by atoms with van der Waals surface area (Å²) in [6.07, 6.45) is 1.93. The van der Waals surface area contributed by atoms with Crippen molar-refractivity contribution in [2.75, 3.05) is 6.54 Å². The fraction of sp³-hybridized carbons (Fsp3) is 0.526. The first-order chi connectivity index (χ1) is 12.6.